The quantitative estimate of drug-likeness (QED) is 0.368. The number of hydrogen-bond acceptors (Lipinski definition) is 6. The minimum absolute atomic E-state index is 0.0919. The summed E-state index contributed by atoms with van der Waals surface area (Å²) in [6.07, 6.45) is 3.19. The van der Waals surface area contributed by atoms with E-state index in [9.17, 15) is 14.4 Å². The molecule has 0 saturated heterocycles. The standard InChI is InChI=1S/C19H27NO6/c1-4-7-8-13-26-15-11-9-14(10-12-15)17(21)20-16(18(22)24-5-2)19(23)25-6-3/h9-12,16H,4-8,13H2,1-3H3,(H,20,21). The molecule has 0 saturated carbocycles. The molecule has 1 rings (SSSR count). The molecule has 7 nitrogen and oxygen atoms in total. The van der Waals surface area contributed by atoms with Gasteiger partial charge in [0, 0.05) is 5.56 Å². The molecule has 7 heteroatoms. The molecular formula is C19H27NO6. The van der Waals surface area contributed by atoms with Gasteiger partial charge in [0.2, 0.25) is 6.04 Å². The van der Waals surface area contributed by atoms with Crippen LogP contribution in [0.15, 0.2) is 24.3 Å². The van der Waals surface area contributed by atoms with Gasteiger partial charge in [-0.15, -0.1) is 0 Å². The van der Waals surface area contributed by atoms with E-state index in [1.807, 2.05) is 0 Å². The summed E-state index contributed by atoms with van der Waals surface area (Å²) in [5, 5.41) is 2.35. The first kappa shape index (κ1) is 21.5. The van der Waals surface area contributed by atoms with Crippen molar-refractivity contribution in [2.24, 2.45) is 0 Å². The SMILES string of the molecule is CCCCCOc1ccc(C(=O)NC(C(=O)OCC)C(=O)OCC)cc1. The summed E-state index contributed by atoms with van der Waals surface area (Å²) >= 11 is 0. The molecule has 144 valence electrons. The summed E-state index contributed by atoms with van der Waals surface area (Å²) in [5.74, 6) is -1.62. The highest BCUT2D eigenvalue weighted by Gasteiger charge is 2.31. The van der Waals surface area contributed by atoms with Crippen LogP contribution >= 0.6 is 0 Å². The molecule has 0 fully saturated rings. The van der Waals surface area contributed by atoms with E-state index >= 15 is 0 Å². The van der Waals surface area contributed by atoms with Crippen molar-refractivity contribution in [3.05, 3.63) is 29.8 Å². The third-order valence-corrected chi connectivity index (χ3v) is 3.45. The van der Waals surface area contributed by atoms with Crippen LogP contribution < -0.4 is 10.1 Å². The number of benzene rings is 1. The highest BCUT2D eigenvalue weighted by molar-refractivity contribution is 6.05. The fraction of sp³-hybridized carbons (Fsp3) is 0.526. The summed E-state index contributed by atoms with van der Waals surface area (Å²) in [7, 11) is 0. The van der Waals surface area contributed by atoms with Crippen molar-refractivity contribution in [2.75, 3.05) is 19.8 Å². The molecule has 1 amide bonds. The number of unbranched alkanes of at least 4 members (excludes halogenated alkanes) is 2. The number of rotatable bonds is 11. The average Bonchev–Trinajstić information content (AvgIpc) is 2.64. The zero-order chi connectivity index (χ0) is 19.4. The van der Waals surface area contributed by atoms with Crippen LogP contribution in [0.3, 0.4) is 0 Å². The first-order valence-electron chi connectivity index (χ1n) is 8.90. The van der Waals surface area contributed by atoms with Crippen LogP contribution in [-0.4, -0.2) is 43.7 Å². The summed E-state index contributed by atoms with van der Waals surface area (Å²) in [5.41, 5.74) is 0.296. The van der Waals surface area contributed by atoms with E-state index in [1.165, 1.54) is 0 Å². The number of esters is 2. The number of carbonyl (C=O) groups is 3. The Bertz CT molecular complexity index is 566. The lowest BCUT2D eigenvalue weighted by atomic mass is 10.2. The monoisotopic (exact) mass is 365 g/mol. The lowest BCUT2D eigenvalue weighted by molar-refractivity contribution is -0.157. The van der Waals surface area contributed by atoms with Crippen LogP contribution in [0.1, 0.15) is 50.4 Å². The Hall–Kier alpha value is -2.57. The number of ether oxygens (including phenoxy) is 3. The molecule has 1 N–H and O–H groups in total. The predicted molar refractivity (Wildman–Crippen MR) is 96.0 cm³/mol. The van der Waals surface area contributed by atoms with Gasteiger partial charge in [-0.1, -0.05) is 19.8 Å². The van der Waals surface area contributed by atoms with Crippen molar-refractivity contribution in [3.63, 3.8) is 0 Å². The van der Waals surface area contributed by atoms with Gasteiger partial charge in [0.05, 0.1) is 19.8 Å². The van der Waals surface area contributed by atoms with Gasteiger partial charge >= 0.3 is 11.9 Å². The van der Waals surface area contributed by atoms with E-state index < -0.39 is 23.9 Å². The molecule has 0 unspecified atom stereocenters. The maximum atomic E-state index is 12.3. The molecule has 0 aliphatic carbocycles. The third-order valence-electron chi connectivity index (χ3n) is 3.45. The molecule has 0 aliphatic heterocycles. The van der Waals surface area contributed by atoms with E-state index in [2.05, 4.69) is 12.2 Å². The predicted octanol–water partition coefficient (Wildman–Crippen LogP) is 2.48. The molecule has 26 heavy (non-hydrogen) atoms. The topological polar surface area (TPSA) is 90.9 Å². The molecule has 0 radical (unpaired) electrons. The second kappa shape index (κ2) is 11.9. The summed E-state index contributed by atoms with van der Waals surface area (Å²) in [6.45, 7) is 6.14. The van der Waals surface area contributed by atoms with Crippen molar-refractivity contribution < 1.29 is 28.6 Å². The van der Waals surface area contributed by atoms with Crippen LogP contribution in [-0.2, 0) is 19.1 Å². The summed E-state index contributed by atoms with van der Waals surface area (Å²) < 4.78 is 15.2. The molecule has 0 bridgehead atoms. The molecule has 1 aromatic rings. The van der Waals surface area contributed by atoms with Crippen molar-refractivity contribution in [1.82, 2.24) is 5.32 Å². The normalized spacial score (nSPS) is 10.3. The fourth-order valence-electron chi connectivity index (χ4n) is 2.12. The highest BCUT2D eigenvalue weighted by Crippen LogP contribution is 2.13. The van der Waals surface area contributed by atoms with Gasteiger partial charge in [-0.2, -0.15) is 0 Å². The second-order valence-electron chi connectivity index (χ2n) is 5.49. The van der Waals surface area contributed by atoms with Gasteiger partial charge < -0.3 is 19.5 Å². The van der Waals surface area contributed by atoms with Crippen molar-refractivity contribution in [2.45, 2.75) is 46.1 Å². The minimum Gasteiger partial charge on any atom is -0.494 e. The maximum absolute atomic E-state index is 12.3. The Balaban J connectivity index is 2.70. The molecule has 0 spiro atoms. The molecule has 0 aliphatic rings. The smallest absolute Gasteiger partial charge is 0.340 e. The van der Waals surface area contributed by atoms with Crippen molar-refractivity contribution in [1.29, 1.82) is 0 Å². The van der Waals surface area contributed by atoms with Crippen LogP contribution in [0.5, 0.6) is 5.75 Å². The summed E-state index contributed by atoms with van der Waals surface area (Å²) in [6, 6.07) is 4.98. The Morgan fingerprint density at radius 1 is 0.923 bits per heavy atom. The van der Waals surface area contributed by atoms with Crippen LogP contribution in [0.4, 0.5) is 0 Å². The van der Waals surface area contributed by atoms with Crippen LogP contribution in [0, 0.1) is 0 Å². The highest BCUT2D eigenvalue weighted by atomic mass is 16.6. The van der Waals surface area contributed by atoms with E-state index in [4.69, 9.17) is 14.2 Å². The average molecular weight is 365 g/mol. The minimum atomic E-state index is -1.49. The molecule has 0 atom stereocenters. The molecule has 0 heterocycles. The van der Waals surface area contributed by atoms with Gasteiger partial charge in [0.1, 0.15) is 5.75 Å². The Morgan fingerprint density at radius 2 is 1.50 bits per heavy atom. The van der Waals surface area contributed by atoms with Crippen molar-refractivity contribution in [3.8, 4) is 5.75 Å². The van der Waals surface area contributed by atoms with Gasteiger partial charge in [0.25, 0.3) is 5.91 Å². The largest absolute Gasteiger partial charge is 0.494 e. The maximum Gasteiger partial charge on any atom is 0.340 e. The molecule has 0 aromatic heterocycles. The number of amides is 1. The lowest BCUT2D eigenvalue weighted by Gasteiger charge is -2.16. The van der Waals surface area contributed by atoms with E-state index in [1.54, 1.807) is 38.1 Å². The number of nitrogens with one attached hydrogen (secondary N) is 1. The Labute approximate surface area is 154 Å². The van der Waals surface area contributed by atoms with Crippen LogP contribution in [0.2, 0.25) is 0 Å². The van der Waals surface area contributed by atoms with Gasteiger partial charge in [-0.25, -0.2) is 9.59 Å². The lowest BCUT2D eigenvalue weighted by Crippen LogP contribution is -2.48. The van der Waals surface area contributed by atoms with E-state index in [0.29, 0.717) is 17.9 Å². The molecule has 1 aromatic carbocycles. The van der Waals surface area contributed by atoms with E-state index in [0.717, 1.165) is 19.3 Å². The molecular weight excluding hydrogens is 338 g/mol. The first-order valence-corrected chi connectivity index (χ1v) is 8.90. The number of carbonyl (C=O) groups excluding carboxylic acids is 3. The second-order valence-corrected chi connectivity index (χ2v) is 5.49. The number of hydrogen-bond donors (Lipinski definition) is 1. The van der Waals surface area contributed by atoms with Gasteiger partial charge in [-0.05, 0) is 44.5 Å². The first-order chi connectivity index (χ1) is 12.5. The Kier molecular flexibility index (Phi) is 9.82. The van der Waals surface area contributed by atoms with Crippen molar-refractivity contribution >= 4 is 17.8 Å². The van der Waals surface area contributed by atoms with Crippen LogP contribution in [0.25, 0.3) is 0 Å². The van der Waals surface area contributed by atoms with E-state index in [-0.39, 0.29) is 13.2 Å². The summed E-state index contributed by atoms with van der Waals surface area (Å²) in [4.78, 5) is 36.1. The Morgan fingerprint density at radius 3 is 2.00 bits per heavy atom. The van der Waals surface area contributed by atoms with Gasteiger partial charge in [-0.3, -0.25) is 4.79 Å². The third kappa shape index (κ3) is 7.13. The zero-order valence-corrected chi connectivity index (χ0v) is 15.6. The van der Waals surface area contributed by atoms with Gasteiger partial charge in [0.15, 0.2) is 0 Å². The fourth-order valence-corrected chi connectivity index (χ4v) is 2.12. The zero-order valence-electron chi connectivity index (χ0n) is 15.6.